The topological polar surface area (TPSA) is 94.8 Å². The lowest BCUT2D eigenvalue weighted by Crippen LogP contribution is -2.43. The Hall–Kier alpha value is -2.83. The number of benzene rings is 1. The van der Waals surface area contributed by atoms with Gasteiger partial charge >= 0.3 is 17.7 Å². The Bertz CT molecular complexity index is 818. The second-order valence-electron chi connectivity index (χ2n) is 6.24. The second kappa shape index (κ2) is 6.74. The number of rotatable bonds is 3. The van der Waals surface area contributed by atoms with Crippen LogP contribution < -0.4 is 15.7 Å². The number of hydrogen-bond donors (Lipinski definition) is 1. The van der Waals surface area contributed by atoms with Crippen molar-refractivity contribution < 1.29 is 23.5 Å². The molecule has 0 aliphatic heterocycles. The number of ether oxygens (including phenoxy) is 2. The third-order valence-corrected chi connectivity index (χ3v) is 2.90. The molecule has 128 valence electrons. The fraction of sp³-hybridized carbons (Fsp3) is 0.353. The van der Waals surface area contributed by atoms with Crippen LogP contribution in [-0.4, -0.2) is 23.7 Å². The number of fused-ring (bicyclic) bond motifs is 1. The zero-order valence-corrected chi connectivity index (χ0v) is 13.9. The fourth-order valence-corrected chi connectivity index (χ4v) is 1.85. The van der Waals surface area contributed by atoms with Crippen LogP contribution >= 0.6 is 0 Å². The van der Waals surface area contributed by atoms with Gasteiger partial charge in [0.1, 0.15) is 23.0 Å². The largest absolute Gasteiger partial charge is 0.444 e. The van der Waals surface area contributed by atoms with Crippen LogP contribution in [0, 0.1) is 0 Å². The number of esters is 1. The molecule has 1 atom stereocenters. The zero-order chi connectivity index (χ0) is 17.9. The Kier molecular flexibility index (Phi) is 4.92. The summed E-state index contributed by atoms with van der Waals surface area (Å²) in [6.07, 6.45) is -0.712. The van der Waals surface area contributed by atoms with Gasteiger partial charge in [-0.05, 0) is 45.9 Å². The van der Waals surface area contributed by atoms with Crippen molar-refractivity contribution in [2.75, 3.05) is 0 Å². The highest BCUT2D eigenvalue weighted by atomic mass is 16.6. The first-order valence-electron chi connectivity index (χ1n) is 7.39. The van der Waals surface area contributed by atoms with E-state index in [1.54, 1.807) is 39.0 Å². The van der Waals surface area contributed by atoms with E-state index in [2.05, 4.69) is 5.32 Å². The minimum Gasteiger partial charge on any atom is -0.444 e. The lowest BCUT2D eigenvalue weighted by Gasteiger charge is -2.21. The van der Waals surface area contributed by atoms with Gasteiger partial charge in [0.05, 0.1) is 0 Å². The average molecular weight is 333 g/mol. The van der Waals surface area contributed by atoms with Gasteiger partial charge in [-0.3, -0.25) is 0 Å². The molecule has 0 spiro atoms. The molecule has 24 heavy (non-hydrogen) atoms. The molecule has 7 heteroatoms. The quantitative estimate of drug-likeness (QED) is 0.527. The molecular weight excluding hydrogens is 314 g/mol. The molecule has 0 bridgehead atoms. The molecular formula is C17H19NO6. The van der Waals surface area contributed by atoms with E-state index in [4.69, 9.17) is 13.9 Å². The molecule has 0 fully saturated rings. The van der Waals surface area contributed by atoms with Gasteiger partial charge in [-0.1, -0.05) is 0 Å². The normalized spacial score (nSPS) is 12.5. The van der Waals surface area contributed by atoms with Crippen LogP contribution in [0.2, 0.25) is 0 Å². The highest BCUT2D eigenvalue weighted by Crippen LogP contribution is 2.19. The Balaban J connectivity index is 2.03. The summed E-state index contributed by atoms with van der Waals surface area (Å²) in [6, 6.07) is 6.68. The van der Waals surface area contributed by atoms with Gasteiger partial charge in [-0.15, -0.1) is 0 Å². The summed E-state index contributed by atoms with van der Waals surface area (Å²) in [4.78, 5) is 34.9. The Morgan fingerprint density at radius 3 is 2.50 bits per heavy atom. The maximum Gasteiger partial charge on any atom is 0.408 e. The molecule has 1 aromatic carbocycles. The van der Waals surface area contributed by atoms with Gasteiger partial charge in [0, 0.05) is 17.5 Å². The number of nitrogens with one attached hydrogen (secondary N) is 1. The summed E-state index contributed by atoms with van der Waals surface area (Å²) >= 11 is 0. The molecule has 2 aromatic rings. The van der Waals surface area contributed by atoms with Gasteiger partial charge < -0.3 is 19.2 Å². The van der Waals surface area contributed by atoms with Crippen molar-refractivity contribution in [1.82, 2.24) is 5.32 Å². The number of carbonyl (C=O) groups is 2. The lowest BCUT2D eigenvalue weighted by atomic mass is 10.2. The van der Waals surface area contributed by atoms with Crippen molar-refractivity contribution in [3.63, 3.8) is 0 Å². The average Bonchev–Trinajstić information content (AvgIpc) is 2.44. The van der Waals surface area contributed by atoms with Crippen LogP contribution in [0.1, 0.15) is 27.7 Å². The van der Waals surface area contributed by atoms with Crippen LogP contribution in [0.15, 0.2) is 39.5 Å². The number of amides is 1. The molecule has 1 amide bonds. The molecule has 0 aliphatic carbocycles. The SMILES string of the molecule is C[C@@H](NC(=O)OC(C)(C)C)C(=O)Oc1ccc2ccc(=O)oc2c1. The molecule has 2 rings (SSSR count). The van der Waals surface area contributed by atoms with Crippen LogP contribution in [-0.2, 0) is 9.53 Å². The molecule has 0 radical (unpaired) electrons. The lowest BCUT2D eigenvalue weighted by molar-refractivity contribution is -0.136. The van der Waals surface area contributed by atoms with Crippen molar-refractivity contribution in [3.05, 3.63) is 40.8 Å². The first-order chi connectivity index (χ1) is 11.1. The van der Waals surface area contributed by atoms with E-state index in [-0.39, 0.29) is 5.75 Å². The van der Waals surface area contributed by atoms with Crippen LogP contribution in [0.4, 0.5) is 4.79 Å². The third-order valence-electron chi connectivity index (χ3n) is 2.90. The molecule has 1 aromatic heterocycles. The summed E-state index contributed by atoms with van der Waals surface area (Å²) < 4.78 is 15.3. The van der Waals surface area contributed by atoms with Crippen molar-refractivity contribution in [2.45, 2.75) is 39.3 Å². The van der Waals surface area contributed by atoms with Crippen molar-refractivity contribution in [2.24, 2.45) is 0 Å². The molecule has 0 unspecified atom stereocenters. The molecule has 7 nitrogen and oxygen atoms in total. The molecule has 1 heterocycles. The molecule has 1 N–H and O–H groups in total. The zero-order valence-electron chi connectivity index (χ0n) is 13.9. The van der Waals surface area contributed by atoms with E-state index in [0.717, 1.165) is 0 Å². The van der Waals surface area contributed by atoms with Crippen LogP contribution in [0.5, 0.6) is 5.75 Å². The summed E-state index contributed by atoms with van der Waals surface area (Å²) in [5, 5.41) is 3.10. The Morgan fingerprint density at radius 1 is 1.17 bits per heavy atom. The highest BCUT2D eigenvalue weighted by molar-refractivity contribution is 5.84. The van der Waals surface area contributed by atoms with E-state index in [0.29, 0.717) is 11.0 Å². The minimum absolute atomic E-state index is 0.208. The van der Waals surface area contributed by atoms with Crippen LogP contribution in [0.3, 0.4) is 0 Å². The first kappa shape index (κ1) is 17.5. The van der Waals surface area contributed by atoms with Crippen LogP contribution in [0.25, 0.3) is 11.0 Å². The maximum absolute atomic E-state index is 12.0. The van der Waals surface area contributed by atoms with Gasteiger partial charge in [-0.2, -0.15) is 0 Å². The molecule has 0 saturated heterocycles. The van der Waals surface area contributed by atoms with Gasteiger partial charge in [0.2, 0.25) is 0 Å². The summed E-state index contributed by atoms with van der Waals surface area (Å²) in [5.74, 6) is -0.460. The predicted octanol–water partition coefficient (Wildman–Crippen LogP) is 2.61. The standard InChI is InChI=1S/C17H19NO6/c1-10(18-16(21)24-17(2,3)4)15(20)22-12-7-5-11-6-8-14(19)23-13(11)9-12/h5-10H,1-4H3,(H,18,21)/t10-/m1/s1. The summed E-state index contributed by atoms with van der Waals surface area (Å²) in [6.45, 7) is 6.64. The third kappa shape index (κ3) is 4.84. The first-order valence-corrected chi connectivity index (χ1v) is 7.39. The number of carbonyl (C=O) groups excluding carboxylic acids is 2. The number of hydrogen-bond acceptors (Lipinski definition) is 6. The number of alkyl carbamates (subject to hydrolysis) is 1. The fourth-order valence-electron chi connectivity index (χ4n) is 1.85. The minimum atomic E-state index is -0.904. The van der Waals surface area contributed by atoms with Gasteiger partial charge in [0.25, 0.3) is 0 Å². The summed E-state index contributed by atoms with van der Waals surface area (Å²) in [7, 11) is 0. The molecule has 0 saturated carbocycles. The van der Waals surface area contributed by atoms with E-state index >= 15 is 0 Å². The van der Waals surface area contributed by atoms with E-state index in [1.807, 2.05) is 0 Å². The Labute approximate surface area is 138 Å². The van der Waals surface area contributed by atoms with E-state index in [9.17, 15) is 14.4 Å². The predicted molar refractivity (Wildman–Crippen MR) is 87.0 cm³/mol. The molecule has 0 aliphatic rings. The second-order valence-corrected chi connectivity index (χ2v) is 6.24. The van der Waals surface area contributed by atoms with Crippen molar-refractivity contribution in [1.29, 1.82) is 0 Å². The van der Waals surface area contributed by atoms with Crippen molar-refractivity contribution in [3.8, 4) is 5.75 Å². The van der Waals surface area contributed by atoms with E-state index in [1.165, 1.54) is 19.1 Å². The van der Waals surface area contributed by atoms with E-state index < -0.39 is 29.3 Å². The smallest absolute Gasteiger partial charge is 0.408 e. The van der Waals surface area contributed by atoms with Crippen molar-refractivity contribution >= 4 is 23.0 Å². The highest BCUT2D eigenvalue weighted by Gasteiger charge is 2.22. The summed E-state index contributed by atoms with van der Waals surface area (Å²) in [5.41, 5.74) is -0.852. The Morgan fingerprint density at radius 2 is 1.83 bits per heavy atom. The van der Waals surface area contributed by atoms with Gasteiger partial charge in [-0.25, -0.2) is 14.4 Å². The van der Waals surface area contributed by atoms with Gasteiger partial charge in [0.15, 0.2) is 0 Å². The maximum atomic E-state index is 12.0. The monoisotopic (exact) mass is 333 g/mol.